The van der Waals surface area contributed by atoms with E-state index in [0.717, 1.165) is 11.4 Å². The molecule has 0 saturated heterocycles. The minimum Gasteiger partial charge on any atom is -0.497 e. The molecule has 0 aliphatic rings. The molecule has 0 radical (unpaired) electrons. The first-order chi connectivity index (χ1) is 9.61. The molecule has 1 unspecified atom stereocenters. The van der Waals surface area contributed by atoms with Crippen LogP contribution >= 0.6 is 0 Å². The van der Waals surface area contributed by atoms with Crippen molar-refractivity contribution in [3.8, 4) is 5.75 Å². The number of rotatable bonds is 10. The second-order valence-corrected chi connectivity index (χ2v) is 4.76. The number of hydrogen-bond acceptors (Lipinski definition) is 5. The van der Waals surface area contributed by atoms with Crippen LogP contribution < -0.4 is 10.1 Å². The number of anilines is 1. The van der Waals surface area contributed by atoms with Gasteiger partial charge in [-0.15, -0.1) is 0 Å². The van der Waals surface area contributed by atoms with Crippen LogP contribution in [-0.4, -0.2) is 50.8 Å². The lowest BCUT2D eigenvalue weighted by Gasteiger charge is -2.14. The summed E-state index contributed by atoms with van der Waals surface area (Å²) in [5.74, 6) is 0.810. The Balaban J connectivity index is 2.11. The Morgan fingerprint density at radius 3 is 2.45 bits per heavy atom. The average molecular weight is 283 g/mol. The van der Waals surface area contributed by atoms with E-state index >= 15 is 0 Å². The Morgan fingerprint density at radius 2 is 1.85 bits per heavy atom. The van der Waals surface area contributed by atoms with Gasteiger partial charge in [0.05, 0.1) is 39.1 Å². The Bertz CT molecular complexity index is 353. The molecule has 5 nitrogen and oxygen atoms in total. The van der Waals surface area contributed by atoms with Crippen LogP contribution in [0.3, 0.4) is 0 Å². The van der Waals surface area contributed by atoms with E-state index in [0.29, 0.717) is 26.4 Å². The van der Waals surface area contributed by atoms with Crippen LogP contribution in [0.2, 0.25) is 0 Å². The van der Waals surface area contributed by atoms with Crippen molar-refractivity contribution in [1.29, 1.82) is 0 Å². The molecule has 0 spiro atoms. The van der Waals surface area contributed by atoms with Gasteiger partial charge in [0.25, 0.3) is 0 Å². The van der Waals surface area contributed by atoms with Crippen molar-refractivity contribution in [2.45, 2.75) is 26.1 Å². The van der Waals surface area contributed by atoms with Gasteiger partial charge < -0.3 is 24.6 Å². The third-order valence-corrected chi connectivity index (χ3v) is 2.62. The predicted molar refractivity (Wildman–Crippen MR) is 79.4 cm³/mol. The van der Waals surface area contributed by atoms with Crippen molar-refractivity contribution < 1.29 is 19.3 Å². The molecule has 1 rings (SSSR count). The summed E-state index contributed by atoms with van der Waals surface area (Å²) in [4.78, 5) is 0. The number of ether oxygens (including phenoxy) is 3. The molecule has 0 aromatic heterocycles. The van der Waals surface area contributed by atoms with Crippen LogP contribution in [0.1, 0.15) is 13.8 Å². The highest BCUT2D eigenvalue weighted by molar-refractivity contribution is 5.46. The van der Waals surface area contributed by atoms with Crippen molar-refractivity contribution in [3.63, 3.8) is 0 Å². The van der Waals surface area contributed by atoms with Gasteiger partial charge in [0.15, 0.2) is 0 Å². The van der Waals surface area contributed by atoms with Crippen LogP contribution in [0, 0.1) is 0 Å². The quantitative estimate of drug-likeness (QED) is 0.642. The van der Waals surface area contributed by atoms with Crippen molar-refractivity contribution in [3.05, 3.63) is 24.3 Å². The lowest BCUT2D eigenvalue weighted by atomic mass is 10.3. The van der Waals surface area contributed by atoms with Gasteiger partial charge in [-0.3, -0.25) is 0 Å². The first kappa shape index (κ1) is 16.8. The van der Waals surface area contributed by atoms with Gasteiger partial charge >= 0.3 is 0 Å². The van der Waals surface area contributed by atoms with Crippen LogP contribution in [0.25, 0.3) is 0 Å². The van der Waals surface area contributed by atoms with Crippen molar-refractivity contribution in [2.75, 3.05) is 38.8 Å². The number of aliphatic hydroxyl groups excluding tert-OH is 1. The summed E-state index contributed by atoms with van der Waals surface area (Å²) in [6.45, 7) is 5.75. The lowest BCUT2D eigenvalue weighted by molar-refractivity contribution is -0.00734. The molecule has 2 N–H and O–H groups in total. The number of aliphatic hydroxyl groups is 1. The second kappa shape index (κ2) is 9.58. The fourth-order valence-corrected chi connectivity index (χ4v) is 1.57. The molecule has 0 heterocycles. The predicted octanol–water partition coefficient (Wildman–Crippen LogP) is 1.91. The highest BCUT2D eigenvalue weighted by Gasteiger charge is 2.04. The van der Waals surface area contributed by atoms with Gasteiger partial charge in [0, 0.05) is 12.2 Å². The number of hydrogen-bond donors (Lipinski definition) is 2. The Morgan fingerprint density at radius 1 is 1.15 bits per heavy atom. The second-order valence-electron chi connectivity index (χ2n) is 4.76. The first-order valence-electron chi connectivity index (χ1n) is 6.87. The van der Waals surface area contributed by atoms with Crippen molar-refractivity contribution in [1.82, 2.24) is 0 Å². The molecular formula is C15H25NO4. The van der Waals surface area contributed by atoms with E-state index in [4.69, 9.17) is 14.2 Å². The molecule has 1 aromatic rings. The fourth-order valence-electron chi connectivity index (χ4n) is 1.57. The molecule has 1 atom stereocenters. The van der Waals surface area contributed by atoms with Gasteiger partial charge in [-0.25, -0.2) is 0 Å². The summed E-state index contributed by atoms with van der Waals surface area (Å²) in [6.07, 6.45) is -0.337. The van der Waals surface area contributed by atoms with Crippen LogP contribution in [0.15, 0.2) is 24.3 Å². The van der Waals surface area contributed by atoms with Gasteiger partial charge in [0.1, 0.15) is 5.75 Å². The zero-order chi connectivity index (χ0) is 14.8. The third kappa shape index (κ3) is 7.33. The van der Waals surface area contributed by atoms with Crippen LogP contribution in [-0.2, 0) is 9.47 Å². The smallest absolute Gasteiger partial charge is 0.119 e. The van der Waals surface area contributed by atoms with Crippen molar-refractivity contribution in [2.24, 2.45) is 0 Å². The van der Waals surface area contributed by atoms with E-state index in [9.17, 15) is 5.11 Å². The molecule has 1 aromatic carbocycles. The van der Waals surface area contributed by atoms with E-state index in [1.54, 1.807) is 7.11 Å². The maximum Gasteiger partial charge on any atom is 0.119 e. The molecular weight excluding hydrogens is 258 g/mol. The molecule has 0 fully saturated rings. The monoisotopic (exact) mass is 283 g/mol. The van der Waals surface area contributed by atoms with E-state index in [1.165, 1.54) is 0 Å². The van der Waals surface area contributed by atoms with E-state index in [2.05, 4.69) is 5.32 Å². The molecule has 0 aliphatic heterocycles. The summed E-state index contributed by atoms with van der Waals surface area (Å²) >= 11 is 0. The maximum atomic E-state index is 9.77. The molecule has 0 bridgehead atoms. The number of nitrogens with one attached hydrogen (secondary N) is 1. The average Bonchev–Trinajstić information content (AvgIpc) is 2.45. The Labute approximate surface area is 120 Å². The maximum absolute atomic E-state index is 9.77. The zero-order valence-electron chi connectivity index (χ0n) is 12.5. The molecule has 0 saturated carbocycles. The van der Waals surface area contributed by atoms with Gasteiger partial charge in [0.2, 0.25) is 0 Å². The molecule has 0 amide bonds. The lowest BCUT2D eigenvalue weighted by Crippen LogP contribution is -2.25. The Hall–Kier alpha value is -1.30. The zero-order valence-corrected chi connectivity index (χ0v) is 12.5. The Kier molecular flexibility index (Phi) is 8.02. The first-order valence-corrected chi connectivity index (χ1v) is 6.87. The third-order valence-electron chi connectivity index (χ3n) is 2.62. The normalized spacial score (nSPS) is 12.4. The largest absolute Gasteiger partial charge is 0.497 e. The summed E-state index contributed by atoms with van der Waals surface area (Å²) in [7, 11) is 1.63. The SMILES string of the molecule is COc1ccc(NCC(O)COCCOC(C)C)cc1. The van der Waals surface area contributed by atoms with E-state index in [-0.39, 0.29) is 6.10 Å². The highest BCUT2D eigenvalue weighted by Crippen LogP contribution is 2.14. The summed E-state index contributed by atoms with van der Waals surface area (Å²) in [5.41, 5.74) is 0.938. The number of benzene rings is 1. The van der Waals surface area contributed by atoms with Gasteiger partial charge in [-0.2, -0.15) is 0 Å². The standard InChI is InChI=1S/C15H25NO4/c1-12(2)20-9-8-19-11-14(17)10-16-13-4-6-15(18-3)7-5-13/h4-7,12,14,16-17H,8-11H2,1-3H3. The van der Waals surface area contributed by atoms with Crippen LogP contribution in [0.4, 0.5) is 5.69 Å². The van der Waals surface area contributed by atoms with Gasteiger partial charge in [-0.1, -0.05) is 0 Å². The molecule has 0 aliphatic carbocycles. The van der Waals surface area contributed by atoms with Crippen molar-refractivity contribution >= 4 is 5.69 Å². The molecule has 5 heteroatoms. The topological polar surface area (TPSA) is 60.0 Å². The minimum atomic E-state index is -0.545. The minimum absolute atomic E-state index is 0.209. The van der Waals surface area contributed by atoms with E-state index < -0.39 is 6.10 Å². The van der Waals surface area contributed by atoms with Crippen LogP contribution in [0.5, 0.6) is 5.75 Å². The van der Waals surface area contributed by atoms with E-state index in [1.807, 2.05) is 38.1 Å². The summed E-state index contributed by atoms with van der Waals surface area (Å²) < 4.78 is 15.8. The summed E-state index contributed by atoms with van der Waals surface area (Å²) in [6, 6.07) is 7.55. The molecule has 114 valence electrons. The number of methoxy groups -OCH3 is 1. The fraction of sp³-hybridized carbons (Fsp3) is 0.600. The summed E-state index contributed by atoms with van der Waals surface area (Å²) in [5, 5.41) is 12.9. The van der Waals surface area contributed by atoms with Gasteiger partial charge in [-0.05, 0) is 38.1 Å². The molecule has 20 heavy (non-hydrogen) atoms. The highest BCUT2D eigenvalue weighted by atomic mass is 16.5.